The molecule has 2 aromatic carbocycles. The number of hydrogen-bond acceptors (Lipinski definition) is 1. The largest absolute Gasteiger partial charge is 0.478 e. The van der Waals surface area contributed by atoms with E-state index in [1.54, 1.807) is 0 Å². The average Bonchev–Trinajstić information content (AvgIpc) is 2.28. The number of fused-ring (bicyclic) bond motifs is 1. The van der Waals surface area contributed by atoms with Crippen LogP contribution in [0, 0.1) is 13.8 Å². The monoisotopic (exact) mass is 242 g/mol. The molecule has 2 nitrogen and oxygen atoms in total. The van der Waals surface area contributed by atoms with Gasteiger partial charge < -0.3 is 5.11 Å². The summed E-state index contributed by atoms with van der Waals surface area (Å²) >= 11 is 0. The summed E-state index contributed by atoms with van der Waals surface area (Å²) in [4.78, 5) is 11.3. The van der Waals surface area contributed by atoms with E-state index < -0.39 is 5.97 Å². The summed E-state index contributed by atoms with van der Waals surface area (Å²) in [7, 11) is 0. The Kier molecular flexibility index (Phi) is 3.12. The summed E-state index contributed by atoms with van der Waals surface area (Å²) in [6.45, 7) is 8.13. The molecule has 94 valence electrons. The summed E-state index contributed by atoms with van der Waals surface area (Å²) in [5, 5.41) is 11.5. The Bertz CT molecular complexity index is 625. The number of carbonyl (C=O) groups is 1. The van der Waals surface area contributed by atoms with Gasteiger partial charge in [0.25, 0.3) is 0 Å². The summed E-state index contributed by atoms with van der Waals surface area (Å²) in [5.74, 6) is -0.537. The molecule has 0 heterocycles. The van der Waals surface area contributed by atoms with E-state index in [-0.39, 0.29) is 0 Å². The maximum Gasteiger partial charge on any atom is 0.335 e. The van der Waals surface area contributed by atoms with E-state index >= 15 is 0 Å². The van der Waals surface area contributed by atoms with Crippen LogP contribution in [0.2, 0.25) is 0 Å². The number of aryl methyl sites for hydroxylation is 2. The van der Waals surface area contributed by atoms with E-state index in [1.807, 2.05) is 25.1 Å². The molecule has 0 bridgehead atoms. The zero-order chi connectivity index (χ0) is 13.4. The Morgan fingerprint density at radius 2 is 1.78 bits per heavy atom. The van der Waals surface area contributed by atoms with Crippen molar-refractivity contribution in [3.05, 3.63) is 46.5 Å². The molecule has 0 spiro atoms. The van der Waals surface area contributed by atoms with E-state index in [2.05, 4.69) is 26.8 Å². The van der Waals surface area contributed by atoms with Crippen molar-refractivity contribution < 1.29 is 9.90 Å². The molecule has 0 aliphatic rings. The van der Waals surface area contributed by atoms with Crippen molar-refractivity contribution in [2.24, 2.45) is 0 Å². The molecule has 0 aliphatic heterocycles. The Balaban J connectivity index is 2.92. The van der Waals surface area contributed by atoms with E-state index in [1.165, 1.54) is 10.9 Å². The molecule has 0 fully saturated rings. The second kappa shape index (κ2) is 4.45. The lowest BCUT2D eigenvalue weighted by Crippen LogP contribution is -2.03. The minimum Gasteiger partial charge on any atom is -0.478 e. The molecule has 2 rings (SSSR count). The molecular weight excluding hydrogens is 224 g/mol. The molecule has 0 unspecified atom stereocenters. The van der Waals surface area contributed by atoms with Crippen molar-refractivity contribution in [2.45, 2.75) is 33.6 Å². The quantitative estimate of drug-likeness (QED) is 0.853. The van der Waals surface area contributed by atoms with Crippen molar-refractivity contribution in [1.29, 1.82) is 0 Å². The van der Waals surface area contributed by atoms with E-state index in [9.17, 15) is 9.90 Å². The van der Waals surface area contributed by atoms with Crippen molar-refractivity contribution in [2.75, 3.05) is 0 Å². The predicted octanol–water partition coefficient (Wildman–Crippen LogP) is 4.28. The normalized spacial score (nSPS) is 11.2. The summed E-state index contributed by atoms with van der Waals surface area (Å²) in [5.41, 5.74) is 3.57. The number of benzene rings is 2. The molecular formula is C16H18O2. The van der Waals surface area contributed by atoms with E-state index in [4.69, 9.17) is 0 Å². The SMILES string of the molecule is Cc1ccc2c(C)c(C(=O)O)cc(C(C)C)c2c1. The summed E-state index contributed by atoms with van der Waals surface area (Å²) in [6, 6.07) is 8.02. The first-order chi connectivity index (χ1) is 8.41. The Hall–Kier alpha value is -1.83. The minimum atomic E-state index is -0.850. The first-order valence-corrected chi connectivity index (χ1v) is 6.19. The smallest absolute Gasteiger partial charge is 0.335 e. The molecule has 18 heavy (non-hydrogen) atoms. The van der Waals surface area contributed by atoms with Gasteiger partial charge in [-0.25, -0.2) is 4.79 Å². The van der Waals surface area contributed by atoms with Crippen LogP contribution in [-0.4, -0.2) is 11.1 Å². The van der Waals surface area contributed by atoms with Gasteiger partial charge in [-0.2, -0.15) is 0 Å². The third-order valence-corrected chi connectivity index (χ3v) is 3.45. The predicted molar refractivity (Wildman–Crippen MR) is 74.5 cm³/mol. The molecule has 0 amide bonds. The third kappa shape index (κ3) is 1.99. The zero-order valence-electron chi connectivity index (χ0n) is 11.2. The van der Waals surface area contributed by atoms with E-state index in [0.717, 1.165) is 16.5 Å². The summed E-state index contributed by atoms with van der Waals surface area (Å²) in [6.07, 6.45) is 0. The highest BCUT2D eigenvalue weighted by Gasteiger charge is 2.15. The van der Waals surface area contributed by atoms with Crippen LogP contribution in [0.4, 0.5) is 0 Å². The zero-order valence-corrected chi connectivity index (χ0v) is 11.2. The number of hydrogen-bond donors (Lipinski definition) is 1. The van der Waals surface area contributed by atoms with Gasteiger partial charge in [-0.15, -0.1) is 0 Å². The highest BCUT2D eigenvalue weighted by atomic mass is 16.4. The number of carboxylic acid groups (broad SMARTS) is 1. The van der Waals surface area contributed by atoms with Crippen LogP contribution < -0.4 is 0 Å². The van der Waals surface area contributed by atoms with Crippen LogP contribution in [-0.2, 0) is 0 Å². The Morgan fingerprint density at radius 1 is 1.11 bits per heavy atom. The lowest BCUT2D eigenvalue weighted by Gasteiger charge is -2.15. The van der Waals surface area contributed by atoms with E-state index in [0.29, 0.717) is 11.5 Å². The van der Waals surface area contributed by atoms with Gasteiger partial charge in [-0.1, -0.05) is 37.6 Å². The standard InChI is InChI=1S/C16H18O2/c1-9(2)13-8-14(16(17)18)11(4)12-6-5-10(3)7-15(12)13/h5-9H,1-4H3,(H,17,18). The number of carboxylic acids is 1. The molecule has 0 radical (unpaired) electrons. The topological polar surface area (TPSA) is 37.3 Å². The van der Waals surface area contributed by atoms with Crippen molar-refractivity contribution in [3.63, 3.8) is 0 Å². The molecule has 0 aromatic heterocycles. The van der Waals surface area contributed by atoms with Crippen molar-refractivity contribution in [3.8, 4) is 0 Å². The fraction of sp³-hybridized carbons (Fsp3) is 0.312. The van der Waals surface area contributed by atoms with Crippen molar-refractivity contribution in [1.82, 2.24) is 0 Å². The maximum absolute atomic E-state index is 11.3. The lowest BCUT2D eigenvalue weighted by atomic mass is 9.89. The maximum atomic E-state index is 11.3. The first kappa shape index (κ1) is 12.6. The molecule has 2 aromatic rings. The summed E-state index contributed by atoms with van der Waals surface area (Å²) < 4.78 is 0. The van der Waals surface area contributed by atoms with Crippen LogP contribution in [0.3, 0.4) is 0 Å². The Morgan fingerprint density at radius 3 is 2.33 bits per heavy atom. The first-order valence-electron chi connectivity index (χ1n) is 6.19. The van der Waals surface area contributed by atoms with Gasteiger partial charge in [-0.3, -0.25) is 0 Å². The minimum absolute atomic E-state index is 0.313. The van der Waals surface area contributed by atoms with Gasteiger partial charge in [-0.05, 0) is 47.7 Å². The average molecular weight is 242 g/mol. The van der Waals surface area contributed by atoms with Gasteiger partial charge in [0, 0.05) is 0 Å². The van der Waals surface area contributed by atoms with Gasteiger partial charge >= 0.3 is 5.97 Å². The van der Waals surface area contributed by atoms with Crippen LogP contribution in [0.15, 0.2) is 24.3 Å². The van der Waals surface area contributed by atoms with Crippen LogP contribution in [0.25, 0.3) is 10.8 Å². The van der Waals surface area contributed by atoms with Crippen LogP contribution in [0.1, 0.15) is 46.8 Å². The van der Waals surface area contributed by atoms with Gasteiger partial charge in [0.1, 0.15) is 0 Å². The van der Waals surface area contributed by atoms with Crippen LogP contribution >= 0.6 is 0 Å². The second-order valence-electron chi connectivity index (χ2n) is 5.15. The molecule has 1 N–H and O–H groups in total. The molecule has 0 atom stereocenters. The van der Waals surface area contributed by atoms with Gasteiger partial charge in [0.2, 0.25) is 0 Å². The highest BCUT2D eigenvalue weighted by molar-refractivity contribution is 5.99. The fourth-order valence-corrected chi connectivity index (χ4v) is 2.41. The van der Waals surface area contributed by atoms with Gasteiger partial charge in [0.15, 0.2) is 0 Å². The lowest BCUT2D eigenvalue weighted by molar-refractivity contribution is 0.0696. The molecule has 0 aliphatic carbocycles. The number of aromatic carboxylic acids is 1. The molecule has 2 heteroatoms. The fourth-order valence-electron chi connectivity index (χ4n) is 2.41. The number of rotatable bonds is 2. The van der Waals surface area contributed by atoms with Crippen molar-refractivity contribution >= 4 is 16.7 Å². The molecule has 0 saturated heterocycles. The second-order valence-corrected chi connectivity index (χ2v) is 5.15. The highest BCUT2D eigenvalue weighted by Crippen LogP contribution is 2.31. The van der Waals surface area contributed by atoms with Gasteiger partial charge in [0.05, 0.1) is 5.56 Å². The Labute approximate surface area is 107 Å². The van der Waals surface area contributed by atoms with Crippen LogP contribution in [0.5, 0.6) is 0 Å². The molecule has 0 saturated carbocycles. The third-order valence-electron chi connectivity index (χ3n) is 3.45.